The van der Waals surface area contributed by atoms with Crippen molar-refractivity contribution in [2.24, 2.45) is 0 Å². The molecule has 1 aromatic rings. The molecular weight excluding hydrogens is 192 g/mol. The van der Waals surface area contributed by atoms with E-state index in [-0.39, 0.29) is 6.10 Å². The third-order valence-corrected chi connectivity index (χ3v) is 2.63. The van der Waals surface area contributed by atoms with Crippen molar-refractivity contribution in [1.82, 2.24) is 0 Å². The Balaban J connectivity index is 2.22. The maximum Gasteiger partial charge on any atom is 0.192 e. The van der Waals surface area contributed by atoms with Crippen molar-refractivity contribution in [2.45, 2.75) is 25.7 Å². The van der Waals surface area contributed by atoms with Crippen molar-refractivity contribution in [3.8, 4) is 5.75 Å². The first kappa shape index (κ1) is 10.5. The molecule has 1 aliphatic rings. The molecule has 0 saturated carbocycles. The molecule has 2 unspecified atom stereocenters. The summed E-state index contributed by atoms with van der Waals surface area (Å²) in [5.74, 6) is 0.236. The van der Waals surface area contributed by atoms with Crippen molar-refractivity contribution in [3.63, 3.8) is 0 Å². The summed E-state index contributed by atoms with van der Waals surface area (Å²) in [7, 11) is 1.65. The molecule has 0 aliphatic carbocycles. The molecule has 0 bridgehead atoms. The van der Waals surface area contributed by atoms with Crippen molar-refractivity contribution >= 4 is 0 Å². The molecule has 1 fully saturated rings. The first-order chi connectivity index (χ1) is 7.14. The van der Waals surface area contributed by atoms with Crippen LogP contribution in [-0.2, 0) is 15.3 Å². The van der Waals surface area contributed by atoms with Crippen LogP contribution in [0.4, 0.5) is 0 Å². The van der Waals surface area contributed by atoms with Gasteiger partial charge in [-0.15, -0.1) is 0 Å². The first-order valence-electron chi connectivity index (χ1n) is 5.10. The molecule has 1 heterocycles. The highest BCUT2D eigenvalue weighted by molar-refractivity contribution is 5.29. The number of ether oxygens (including phenoxy) is 3. The van der Waals surface area contributed by atoms with Gasteiger partial charge in [-0.1, -0.05) is 0 Å². The topological polar surface area (TPSA) is 27.7 Å². The monoisotopic (exact) mass is 208 g/mol. The summed E-state index contributed by atoms with van der Waals surface area (Å²) in [6.45, 7) is 4.59. The van der Waals surface area contributed by atoms with Crippen LogP contribution in [-0.4, -0.2) is 19.8 Å². The van der Waals surface area contributed by atoms with E-state index >= 15 is 0 Å². The van der Waals surface area contributed by atoms with Gasteiger partial charge in [0.2, 0.25) is 0 Å². The lowest BCUT2D eigenvalue weighted by molar-refractivity contribution is -0.159. The number of hydrogen-bond donors (Lipinski definition) is 0. The Hall–Kier alpha value is -1.06. The van der Waals surface area contributed by atoms with Crippen LogP contribution < -0.4 is 4.74 Å². The van der Waals surface area contributed by atoms with E-state index in [1.807, 2.05) is 38.1 Å². The normalized spacial score (nSPS) is 30.5. The minimum Gasteiger partial charge on any atom is -0.497 e. The van der Waals surface area contributed by atoms with Crippen LogP contribution >= 0.6 is 0 Å². The highest BCUT2D eigenvalue weighted by Gasteiger charge is 2.36. The Morgan fingerprint density at radius 1 is 1.33 bits per heavy atom. The van der Waals surface area contributed by atoms with E-state index in [0.717, 1.165) is 11.3 Å². The standard InChI is InChI=1S/C12H16O3/c1-9-8-14-12(2,15-9)10-4-6-11(13-3)7-5-10/h4-7,9H,8H2,1-3H3. The van der Waals surface area contributed by atoms with Gasteiger partial charge in [0.15, 0.2) is 5.79 Å². The third kappa shape index (κ3) is 1.98. The van der Waals surface area contributed by atoms with E-state index in [1.165, 1.54) is 0 Å². The van der Waals surface area contributed by atoms with Crippen LogP contribution in [0.3, 0.4) is 0 Å². The Morgan fingerprint density at radius 2 is 2.00 bits per heavy atom. The maximum absolute atomic E-state index is 5.75. The fourth-order valence-electron chi connectivity index (χ4n) is 1.77. The molecule has 1 aromatic carbocycles. The van der Waals surface area contributed by atoms with Crippen molar-refractivity contribution in [2.75, 3.05) is 13.7 Å². The highest BCUT2D eigenvalue weighted by Crippen LogP contribution is 2.34. The molecule has 3 nitrogen and oxygen atoms in total. The Bertz CT molecular complexity index is 333. The van der Waals surface area contributed by atoms with E-state index in [1.54, 1.807) is 7.11 Å². The van der Waals surface area contributed by atoms with Crippen LogP contribution in [0.25, 0.3) is 0 Å². The van der Waals surface area contributed by atoms with Crippen LogP contribution in [0.1, 0.15) is 19.4 Å². The van der Waals surface area contributed by atoms with Gasteiger partial charge in [0.05, 0.1) is 19.8 Å². The molecule has 1 aliphatic heterocycles. The Kier molecular flexibility index (Phi) is 2.67. The first-order valence-corrected chi connectivity index (χ1v) is 5.10. The van der Waals surface area contributed by atoms with Crippen LogP contribution in [0.2, 0.25) is 0 Å². The molecule has 2 rings (SSSR count). The van der Waals surface area contributed by atoms with Crippen molar-refractivity contribution < 1.29 is 14.2 Å². The van der Waals surface area contributed by atoms with Gasteiger partial charge >= 0.3 is 0 Å². The van der Waals surface area contributed by atoms with Gasteiger partial charge in [0, 0.05) is 5.56 Å². The third-order valence-electron chi connectivity index (χ3n) is 2.63. The molecule has 82 valence electrons. The van der Waals surface area contributed by atoms with Gasteiger partial charge in [0.1, 0.15) is 5.75 Å². The second-order valence-corrected chi connectivity index (χ2v) is 3.91. The fourth-order valence-corrected chi connectivity index (χ4v) is 1.77. The highest BCUT2D eigenvalue weighted by atomic mass is 16.7. The smallest absolute Gasteiger partial charge is 0.192 e. The summed E-state index contributed by atoms with van der Waals surface area (Å²) >= 11 is 0. The fraction of sp³-hybridized carbons (Fsp3) is 0.500. The second-order valence-electron chi connectivity index (χ2n) is 3.91. The van der Waals surface area contributed by atoms with Crippen LogP contribution in [0.15, 0.2) is 24.3 Å². The Labute approximate surface area is 90.0 Å². The second kappa shape index (κ2) is 3.83. The zero-order valence-corrected chi connectivity index (χ0v) is 9.32. The summed E-state index contributed by atoms with van der Waals surface area (Å²) in [4.78, 5) is 0. The molecule has 2 atom stereocenters. The molecule has 0 aromatic heterocycles. The molecule has 0 spiro atoms. The predicted molar refractivity (Wildman–Crippen MR) is 56.8 cm³/mol. The lowest BCUT2D eigenvalue weighted by Gasteiger charge is -2.23. The van der Waals surface area contributed by atoms with Crippen LogP contribution in [0.5, 0.6) is 5.75 Å². The van der Waals surface area contributed by atoms with Gasteiger partial charge in [-0.05, 0) is 38.1 Å². The lowest BCUT2D eigenvalue weighted by atomic mass is 10.1. The van der Waals surface area contributed by atoms with Crippen molar-refractivity contribution in [3.05, 3.63) is 29.8 Å². The number of hydrogen-bond acceptors (Lipinski definition) is 3. The van der Waals surface area contributed by atoms with E-state index in [9.17, 15) is 0 Å². The average Bonchev–Trinajstić information content (AvgIpc) is 2.60. The number of rotatable bonds is 2. The molecule has 15 heavy (non-hydrogen) atoms. The quantitative estimate of drug-likeness (QED) is 0.746. The van der Waals surface area contributed by atoms with Gasteiger partial charge < -0.3 is 14.2 Å². The lowest BCUT2D eigenvalue weighted by Crippen LogP contribution is -2.23. The summed E-state index contributed by atoms with van der Waals surface area (Å²) in [5.41, 5.74) is 1.02. The molecule has 3 heteroatoms. The minimum absolute atomic E-state index is 0.150. The van der Waals surface area contributed by atoms with Gasteiger partial charge in [-0.2, -0.15) is 0 Å². The predicted octanol–water partition coefficient (Wildman–Crippen LogP) is 2.30. The SMILES string of the molecule is COc1ccc(C2(C)OCC(C)O2)cc1. The van der Waals surface area contributed by atoms with Crippen molar-refractivity contribution in [1.29, 1.82) is 0 Å². The van der Waals surface area contributed by atoms with E-state index in [4.69, 9.17) is 14.2 Å². The number of methoxy groups -OCH3 is 1. The maximum atomic E-state index is 5.75. The van der Waals surface area contributed by atoms with E-state index in [2.05, 4.69) is 0 Å². The number of benzene rings is 1. The van der Waals surface area contributed by atoms with Gasteiger partial charge in [-0.3, -0.25) is 0 Å². The zero-order chi connectivity index (χ0) is 10.9. The average molecular weight is 208 g/mol. The van der Waals surface area contributed by atoms with Crippen LogP contribution in [0, 0.1) is 0 Å². The molecule has 0 amide bonds. The van der Waals surface area contributed by atoms with E-state index < -0.39 is 5.79 Å². The Morgan fingerprint density at radius 3 is 2.47 bits per heavy atom. The molecule has 0 N–H and O–H groups in total. The summed E-state index contributed by atoms with van der Waals surface area (Å²) in [6.07, 6.45) is 0.150. The van der Waals surface area contributed by atoms with E-state index in [0.29, 0.717) is 6.61 Å². The summed E-state index contributed by atoms with van der Waals surface area (Å²) in [5, 5.41) is 0. The zero-order valence-electron chi connectivity index (χ0n) is 9.32. The summed E-state index contributed by atoms with van der Waals surface area (Å²) in [6, 6.07) is 7.76. The largest absolute Gasteiger partial charge is 0.497 e. The van der Waals surface area contributed by atoms with Gasteiger partial charge in [-0.25, -0.2) is 0 Å². The molecule has 1 saturated heterocycles. The van der Waals surface area contributed by atoms with Gasteiger partial charge in [0.25, 0.3) is 0 Å². The molecule has 0 radical (unpaired) electrons. The summed E-state index contributed by atoms with van der Waals surface area (Å²) < 4.78 is 16.5. The minimum atomic E-state index is -0.605. The molecular formula is C12H16O3.